The van der Waals surface area contributed by atoms with Gasteiger partial charge in [0.15, 0.2) is 0 Å². The quantitative estimate of drug-likeness (QED) is 0.149. The first kappa shape index (κ1) is 27.6. The fourth-order valence-corrected chi connectivity index (χ4v) is 11.0. The van der Waals surface area contributed by atoms with Crippen LogP contribution < -0.4 is 0 Å². The number of fused-ring (bicyclic) bond motifs is 23. The van der Waals surface area contributed by atoms with E-state index in [2.05, 4.69) is 146 Å². The lowest BCUT2D eigenvalue weighted by Gasteiger charge is -2.24. The van der Waals surface area contributed by atoms with Gasteiger partial charge in [0.1, 0.15) is 0 Å². The van der Waals surface area contributed by atoms with E-state index in [0.29, 0.717) is 0 Å². The molecule has 1 aromatic heterocycles. The summed E-state index contributed by atoms with van der Waals surface area (Å²) in [4.78, 5) is 14.6. The lowest BCUT2D eigenvalue weighted by Crippen LogP contribution is -2.19. The summed E-state index contributed by atoms with van der Waals surface area (Å²) < 4.78 is -0.170. The molecule has 4 aliphatic heterocycles. The second-order valence-electron chi connectivity index (χ2n) is 13.4. The Hall–Kier alpha value is -5.29. The Morgan fingerprint density at radius 2 is 1.02 bits per heavy atom. The molecule has 230 valence electrons. The number of hydrogen-bond donors (Lipinski definition) is 0. The zero-order chi connectivity index (χ0) is 32.3. The van der Waals surface area contributed by atoms with Gasteiger partial charge in [-0.3, -0.25) is 4.99 Å². The van der Waals surface area contributed by atoms with E-state index in [1.807, 2.05) is 23.1 Å². The lowest BCUT2D eigenvalue weighted by molar-refractivity contribution is 0.737. The van der Waals surface area contributed by atoms with Crippen LogP contribution in [0.15, 0.2) is 137 Å². The van der Waals surface area contributed by atoms with Crippen molar-refractivity contribution < 1.29 is 0 Å². The number of benzene rings is 6. The van der Waals surface area contributed by atoms with Crippen LogP contribution in [-0.4, -0.2) is 11.4 Å². The van der Waals surface area contributed by atoms with Crippen molar-refractivity contribution >= 4 is 95.3 Å². The molecular weight excluding hydrogens is 633 g/mol. The maximum atomic E-state index is 5.49. The third kappa shape index (κ3) is 3.96. The average molecular weight is 661 g/mol. The second-order valence-corrected chi connectivity index (χ2v) is 16.1. The van der Waals surface area contributed by atoms with Crippen molar-refractivity contribution in [1.82, 2.24) is 0 Å². The largest absolute Gasteiger partial charge is 0.252 e. The maximum absolute atomic E-state index is 5.49. The minimum Gasteiger partial charge on any atom is -0.252 e. The molecule has 8 bridgehead atoms. The molecule has 6 aromatic carbocycles. The average Bonchev–Trinajstić information content (AvgIpc) is 3.86. The van der Waals surface area contributed by atoms with Gasteiger partial charge in [0.05, 0.1) is 22.8 Å². The Morgan fingerprint density at radius 1 is 0.510 bits per heavy atom. The van der Waals surface area contributed by atoms with E-state index in [4.69, 9.17) is 9.98 Å². The van der Waals surface area contributed by atoms with Gasteiger partial charge in [-0.1, -0.05) is 121 Å². The fourth-order valence-electron chi connectivity index (χ4n) is 8.39. The molecule has 5 heterocycles. The molecule has 1 unspecified atom stereocenters. The monoisotopic (exact) mass is 660 g/mol. The van der Waals surface area contributed by atoms with Crippen LogP contribution in [0.1, 0.15) is 56.5 Å². The van der Waals surface area contributed by atoms with Crippen molar-refractivity contribution in [1.29, 1.82) is 0 Å². The standard InChI is InChI=1S/C45H28N2S2/c1-45-25-39-31-17-7-6-16-30(31)38(47-39)24-42-44-33-19-9-3-13-27(33)26-12-2-8-18-32(26)43(44)41(48-42)23-37-29-15-5-4-14-28(29)36(46-37)22-40(49-45)34-20-10-11-21-35(34)45/h2-24H,25H2,1H3/b37-23?,38-24?,40-22-. The van der Waals surface area contributed by atoms with Crippen molar-refractivity contribution in [3.8, 4) is 0 Å². The van der Waals surface area contributed by atoms with Gasteiger partial charge in [0.25, 0.3) is 0 Å². The maximum Gasteiger partial charge on any atom is 0.0730 e. The van der Waals surface area contributed by atoms with Crippen LogP contribution in [-0.2, 0) is 4.75 Å². The van der Waals surface area contributed by atoms with Crippen LogP contribution in [0.2, 0.25) is 0 Å². The Morgan fingerprint density at radius 3 is 1.69 bits per heavy atom. The highest BCUT2D eigenvalue weighted by atomic mass is 32.2. The molecule has 2 nitrogen and oxygen atoms in total. The van der Waals surface area contributed by atoms with Gasteiger partial charge in [-0.05, 0) is 57.8 Å². The van der Waals surface area contributed by atoms with E-state index in [0.717, 1.165) is 29.2 Å². The molecule has 0 aliphatic carbocycles. The molecule has 4 aliphatic rings. The molecule has 0 saturated heterocycles. The van der Waals surface area contributed by atoms with Crippen LogP contribution in [0.5, 0.6) is 0 Å². The summed E-state index contributed by atoms with van der Waals surface area (Å²) in [5, 5.41) is 7.68. The fraction of sp³-hybridized carbons (Fsp3) is 0.0667. The molecule has 0 radical (unpaired) electrons. The van der Waals surface area contributed by atoms with Crippen LogP contribution in [0.3, 0.4) is 0 Å². The minimum absolute atomic E-state index is 0.170. The highest BCUT2D eigenvalue weighted by Crippen LogP contribution is 2.57. The molecular formula is C45H28N2S2. The molecule has 7 aromatic rings. The van der Waals surface area contributed by atoms with E-state index in [1.54, 1.807) is 0 Å². The van der Waals surface area contributed by atoms with Crippen LogP contribution >= 0.6 is 23.1 Å². The highest BCUT2D eigenvalue weighted by Gasteiger charge is 2.41. The van der Waals surface area contributed by atoms with Gasteiger partial charge in [-0.2, -0.15) is 0 Å². The number of thiophene rings is 1. The number of hydrogen-bond acceptors (Lipinski definition) is 4. The normalized spacial score (nSPS) is 19.9. The predicted molar refractivity (Wildman–Crippen MR) is 213 cm³/mol. The Kier molecular flexibility index (Phi) is 5.71. The number of allylic oxidation sites excluding steroid dienone is 1. The molecule has 0 spiro atoms. The topological polar surface area (TPSA) is 24.7 Å². The second kappa shape index (κ2) is 10.1. The molecule has 0 amide bonds. The van der Waals surface area contributed by atoms with Crippen LogP contribution in [0.25, 0.3) is 60.8 Å². The molecule has 11 rings (SSSR count). The van der Waals surface area contributed by atoms with E-state index in [1.165, 1.54) is 80.4 Å². The van der Waals surface area contributed by atoms with Crippen molar-refractivity contribution in [2.45, 2.75) is 18.1 Å². The number of rotatable bonds is 0. The first-order valence-electron chi connectivity index (χ1n) is 16.8. The van der Waals surface area contributed by atoms with Crippen LogP contribution in [0.4, 0.5) is 0 Å². The summed E-state index contributed by atoms with van der Waals surface area (Å²) in [6, 6.07) is 44.2. The Labute approximate surface area is 292 Å². The minimum atomic E-state index is -0.170. The van der Waals surface area contributed by atoms with Gasteiger partial charge in [0, 0.05) is 58.9 Å². The Bertz CT molecular complexity index is 2790. The van der Waals surface area contributed by atoms with Gasteiger partial charge in [-0.15, -0.1) is 23.1 Å². The van der Waals surface area contributed by atoms with Gasteiger partial charge >= 0.3 is 0 Å². The molecule has 49 heavy (non-hydrogen) atoms. The van der Waals surface area contributed by atoms with Gasteiger partial charge in [0.2, 0.25) is 0 Å². The van der Waals surface area contributed by atoms with Gasteiger partial charge in [-0.25, -0.2) is 4.99 Å². The van der Waals surface area contributed by atoms with Crippen molar-refractivity contribution in [3.05, 3.63) is 171 Å². The third-order valence-corrected chi connectivity index (χ3v) is 13.0. The first-order valence-corrected chi connectivity index (χ1v) is 18.4. The highest BCUT2D eigenvalue weighted by molar-refractivity contribution is 8.09. The van der Waals surface area contributed by atoms with Crippen molar-refractivity contribution in [2.24, 2.45) is 9.98 Å². The summed E-state index contributed by atoms with van der Waals surface area (Å²) in [5.74, 6) is 0. The lowest BCUT2D eigenvalue weighted by atomic mass is 9.88. The van der Waals surface area contributed by atoms with E-state index >= 15 is 0 Å². The molecule has 4 heteroatoms. The zero-order valence-electron chi connectivity index (χ0n) is 26.7. The van der Waals surface area contributed by atoms with Crippen molar-refractivity contribution in [3.63, 3.8) is 0 Å². The predicted octanol–water partition coefficient (Wildman–Crippen LogP) is 12.2. The first-order chi connectivity index (χ1) is 24.1. The summed E-state index contributed by atoms with van der Waals surface area (Å²) in [7, 11) is 0. The molecule has 0 N–H and O–H groups in total. The van der Waals surface area contributed by atoms with Gasteiger partial charge < -0.3 is 0 Å². The third-order valence-electron chi connectivity index (χ3n) is 10.5. The number of aliphatic imine (C=N–C) groups is 2. The van der Waals surface area contributed by atoms with Crippen molar-refractivity contribution in [2.75, 3.05) is 0 Å². The van der Waals surface area contributed by atoms with Crippen LogP contribution in [0, 0.1) is 0 Å². The molecule has 0 fully saturated rings. The number of nitrogens with zero attached hydrogens (tertiary/aromatic N) is 2. The van der Waals surface area contributed by atoms with E-state index in [-0.39, 0.29) is 4.75 Å². The summed E-state index contributed by atoms with van der Waals surface area (Å²) >= 11 is 3.81. The Balaban J connectivity index is 1.29. The SMILES string of the molecule is CC12CC3=NC(=Cc4sc(c5c6ccccc6c6ccccc6c45)C=C4N=C(/C=C(\S1)c1ccccc12)c1ccccc14)c1ccccc13. The van der Waals surface area contributed by atoms with E-state index in [9.17, 15) is 0 Å². The smallest absolute Gasteiger partial charge is 0.0730 e. The summed E-state index contributed by atoms with van der Waals surface area (Å²) in [6.07, 6.45) is 7.85. The summed E-state index contributed by atoms with van der Waals surface area (Å²) in [5.41, 5.74) is 11.7. The molecule has 0 saturated carbocycles. The zero-order valence-corrected chi connectivity index (χ0v) is 28.3. The number of thioether (sulfide) groups is 1. The molecule has 1 atom stereocenters. The van der Waals surface area contributed by atoms with E-state index < -0.39 is 0 Å². The summed E-state index contributed by atoms with van der Waals surface area (Å²) in [6.45, 7) is 2.39.